The minimum atomic E-state index is -0.678. The van der Waals surface area contributed by atoms with E-state index in [9.17, 15) is 4.79 Å². The molecule has 2 heteroatoms. The fourth-order valence-corrected chi connectivity index (χ4v) is 2.44. The Labute approximate surface area is 98.7 Å². The van der Waals surface area contributed by atoms with Gasteiger partial charge in [0, 0.05) is 0 Å². The number of aliphatic carboxylic acids is 1. The monoisotopic (exact) mass is 224 g/mol. The van der Waals surface area contributed by atoms with E-state index < -0.39 is 5.97 Å². The molecule has 0 aromatic carbocycles. The number of carboxylic acid groups (broad SMARTS) is 1. The van der Waals surface area contributed by atoms with Gasteiger partial charge >= 0.3 is 5.97 Å². The maximum atomic E-state index is 10.8. The molecule has 1 rings (SSSR count). The van der Waals surface area contributed by atoms with Gasteiger partial charge in [-0.05, 0) is 31.6 Å². The lowest BCUT2D eigenvalue weighted by atomic mass is 9.86. The van der Waals surface area contributed by atoms with E-state index in [4.69, 9.17) is 5.11 Å². The summed E-state index contributed by atoms with van der Waals surface area (Å²) >= 11 is 0. The molecule has 0 aromatic heterocycles. The molecule has 16 heavy (non-hydrogen) atoms. The number of allylic oxidation sites excluding steroid dienone is 2. The minimum absolute atomic E-state index is 0.241. The highest BCUT2D eigenvalue weighted by Crippen LogP contribution is 2.27. The first kappa shape index (κ1) is 13.3. The van der Waals surface area contributed by atoms with Crippen LogP contribution in [-0.4, -0.2) is 11.1 Å². The van der Waals surface area contributed by atoms with E-state index in [0.29, 0.717) is 5.92 Å². The van der Waals surface area contributed by atoms with Crippen molar-refractivity contribution in [2.24, 2.45) is 11.8 Å². The predicted octanol–water partition coefficient (Wildman–Crippen LogP) is 4.01. The molecule has 1 fully saturated rings. The summed E-state index contributed by atoms with van der Waals surface area (Å²) in [6.45, 7) is 3.93. The standard InChI is InChI=1S/C14H24O2/c1-3-12(9-11(2)14(15)16)10-13-7-5-4-6-8-13/h10-11,13H,3-9H2,1-2H3,(H,15,16). The van der Waals surface area contributed by atoms with Crippen molar-refractivity contribution in [2.75, 3.05) is 0 Å². The van der Waals surface area contributed by atoms with Crippen LogP contribution in [0.2, 0.25) is 0 Å². The van der Waals surface area contributed by atoms with Crippen LogP contribution in [0.3, 0.4) is 0 Å². The van der Waals surface area contributed by atoms with Crippen molar-refractivity contribution >= 4 is 5.97 Å². The van der Waals surface area contributed by atoms with E-state index in [-0.39, 0.29) is 5.92 Å². The van der Waals surface area contributed by atoms with E-state index in [1.54, 1.807) is 6.92 Å². The van der Waals surface area contributed by atoms with Gasteiger partial charge < -0.3 is 5.11 Å². The average Bonchev–Trinajstić information content (AvgIpc) is 2.29. The zero-order valence-corrected chi connectivity index (χ0v) is 10.5. The van der Waals surface area contributed by atoms with Crippen molar-refractivity contribution in [2.45, 2.75) is 58.8 Å². The van der Waals surface area contributed by atoms with Gasteiger partial charge in [0.25, 0.3) is 0 Å². The second-order valence-electron chi connectivity index (χ2n) is 5.02. The van der Waals surface area contributed by atoms with Crippen LogP contribution in [0.1, 0.15) is 58.8 Å². The number of rotatable bonds is 5. The van der Waals surface area contributed by atoms with Crippen LogP contribution < -0.4 is 0 Å². The third-order valence-corrected chi connectivity index (χ3v) is 3.57. The molecule has 0 aromatic rings. The fourth-order valence-electron chi connectivity index (χ4n) is 2.44. The Morgan fingerprint density at radius 1 is 1.38 bits per heavy atom. The van der Waals surface area contributed by atoms with Crippen LogP contribution in [0, 0.1) is 11.8 Å². The van der Waals surface area contributed by atoms with Crippen LogP contribution in [0.15, 0.2) is 11.6 Å². The Hall–Kier alpha value is -0.790. The van der Waals surface area contributed by atoms with Gasteiger partial charge in [0.05, 0.1) is 5.92 Å². The molecule has 0 bridgehead atoms. The second kappa shape index (κ2) is 6.72. The van der Waals surface area contributed by atoms with Gasteiger partial charge in [-0.3, -0.25) is 4.79 Å². The van der Waals surface area contributed by atoms with Crippen molar-refractivity contribution in [1.82, 2.24) is 0 Å². The maximum Gasteiger partial charge on any atom is 0.306 e. The summed E-state index contributed by atoms with van der Waals surface area (Å²) in [7, 11) is 0. The first-order chi connectivity index (χ1) is 7.63. The van der Waals surface area contributed by atoms with Crippen LogP contribution in [0.5, 0.6) is 0 Å². The molecule has 0 amide bonds. The Balaban J connectivity index is 2.51. The summed E-state index contributed by atoms with van der Waals surface area (Å²) in [6, 6.07) is 0. The van der Waals surface area contributed by atoms with Crippen molar-refractivity contribution in [3.8, 4) is 0 Å². The maximum absolute atomic E-state index is 10.8. The molecule has 92 valence electrons. The number of carbonyl (C=O) groups is 1. The average molecular weight is 224 g/mol. The predicted molar refractivity (Wildman–Crippen MR) is 66.4 cm³/mol. The number of hydrogen-bond acceptors (Lipinski definition) is 1. The zero-order valence-electron chi connectivity index (χ0n) is 10.5. The second-order valence-corrected chi connectivity index (χ2v) is 5.02. The highest BCUT2D eigenvalue weighted by Gasteiger charge is 2.15. The smallest absolute Gasteiger partial charge is 0.306 e. The quantitative estimate of drug-likeness (QED) is 0.716. The lowest BCUT2D eigenvalue weighted by Gasteiger charge is -2.20. The van der Waals surface area contributed by atoms with Crippen molar-refractivity contribution in [3.05, 3.63) is 11.6 Å². The summed E-state index contributed by atoms with van der Waals surface area (Å²) in [5, 5.41) is 8.91. The largest absolute Gasteiger partial charge is 0.481 e. The summed E-state index contributed by atoms with van der Waals surface area (Å²) in [4.78, 5) is 10.8. The molecule has 1 saturated carbocycles. The lowest BCUT2D eigenvalue weighted by Crippen LogP contribution is -2.11. The van der Waals surface area contributed by atoms with Crippen LogP contribution >= 0.6 is 0 Å². The van der Waals surface area contributed by atoms with E-state index >= 15 is 0 Å². The molecule has 1 N–H and O–H groups in total. The molecule has 0 spiro atoms. The Morgan fingerprint density at radius 2 is 2.00 bits per heavy atom. The Kier molecular flexibility index (Phi) is 5.58. The molecule has 1 aliphatic carbocycles. The summed E-state index contributed by atoms with van der Waals surface area (Å²) in [5.74, 6) is -0.206. The molecule has 0 saturated heterocycles. The van der Waals surface area contributed by atoms with Crippen molar-refractivity contribution in [1.29, 1.82) is 0 Å². The summed E-state index contributed by atoms with van der Waals surface area (Å²) < 4.78 is 0. The van der Waals surface area contributed by atoms with Crippen LogP contribution in [0.25, 0.3) is 0 Å². The Morgan fingerprint density at radius 3 is 2.50 bits per heavy atom. The molecular weight excluding hydrogens is 200 g/mol. The molecular formula is C14H24O2. The molecule has 0 aliphatic heterocycles. The minimum Gasteiger partial charge on any atom is -0.481 e. The van der Waals surface area contributed by atoms with E-state index in [0.717, 1.165) is 12.8 Å². The highest BCUT2D eigenvalue weighted by atomic mass is 16.4. The highest BCUT2D eigenvalue weighted by molar-refractivity contribution is 5.69. The van der Waals surface area contributed by atoms with E-state index in [1.807, 2.05) is 0 Å². The van der Waals surface area contributed by atoms with Gasteiger partial charge in [-0.25, -0.2) is 0 Å². The van der Waals surface area contributed by atoms with Gasteiger partial charge in [0.1, 0.15) is 0 Å². The van der Waals surface area contributed by atoms with Gasteiger partial charge in [0.15, 0.2) is 0 Å². The number of carboxylic acids is 1. The Bertz CT molecular complexity index is 249. The zero-order chi connectivity index (χ0) is 12.0. The van der Waals surface area contributed by atoms with Crippen molar-refractivity contribution in [3.63, 3.8) is 0 Å². The SMILES string of the molecule is CCC(=CC1CCCCC1)CC(C)C(=O)O. The molecule has 1 aliphatic rings. The normalized spacial score (nSPS) is 20.8. The van der Waals surface area contributed by atoms with Gasteiger partial charge in [-0.1, -0.05) is 44.8 Å². The molecule has 0 radical (unpaired) electrons. The molecule has 1 atom stereocenters. The topological polar surface area (TPSA) is 37.3 Å². The van der Waals surface area contributed by atoms with E-state index in [2.05, 4.69) is 13.0 Å². The van der Waals surface area contributed by atoms with Gasteiger partial charge in [0.2, 0.25) is 0 Å². The summed E-state index contributed by atoms with van der Waals surface area (Å²) in [6.07, 6.45) is 10.7. The lowest BCUT2D eigenvalue weighted by molar-refractivity contribution is -0.141. The summed E-state index contributed by atoms with van der Waals surface area (Å²) in [5.41, 5.74) is 1.34. The first-order valence-electron chi connectivity index (χ1n) is 6.55. The van der Waals surface area contributed by atoms with Crippen LogP contribution in [0.4, 0.5) is 0 Å². The molecule has 0 heterocycles. The van der Waals surface area contributed by atoms with Crippen LogP contribution in [-0.2, 0) is 4.79 Å². The molecule has 1 unspecified atom stereocenters. The fraction of sp³-hybridized carbons (Fsp3) is 0.786. The third-order valence-electron chi connectivity index (χ3n) is 3.57. The number of hydrogen-bond donors (Lipinski definition) is 1. The van der Waals surface area contributed by atoms with Gasteiger partial charge in [-0.15, -0.1) is 0 Å². The van der Waals surface area contributed by atoms with E-state index in [1.165, 1.54) is 37.7 Å². The third kappa shape index (κ3) is 4.38. The molecule has 2 nitrogen and oxygen atoms in total. The van der Waals surface area contributed by atoms with Gasteiger partial charge in [-0.2, -0.15) is 0 Å². The van der Waals surface area contributed by atoms with Crippen molar-refractivity contribution < 1.29 is 9.90 Å². The first-order valence-corrected chi connectivity index (χ1v) is 6.55.